The van der Waals surface area contributed by atoms with Gasteiger partial charge >= 0.3 is 0 Å². The number of aryl methyl sites for hydroxylation is 1. The Balaban J connectivity index is 2.62. The Bertz CT molecular complexity index is 633. The van der Waals surface area contributed by atoms with Crippen LogP contribution < -0.4 is 0 Å². The lowest BCUT2D eigenvalue weighted by Gasteiger charge is -2.05. The number of hydrogen-bond donors (Lipinski definition) is 0. The van der Waals surface area contributed by atoms with Crippen LogP contribution in [-0.2, 0) is 0 Å². The summed E-state index contributed by atoms with van der Waals surface area (Å²) in [4.78, 5) is 11.2. The summed E-state index contributed by atoms with van der Waals surface area (Å²) < 4.78 is 1.55. The predicted octanol–water partition coefficient (Wildman–Crippen LogP) is 4.42. The van der Waals surface area contributed by atoms with Crippen LogP contribution in [0, 0.1) is 6.92 Å². The molecule has 1 aromatic carbocycles. The van der Waals surface area contributed by atoms with Crippen molar-refractivity contribution in [3.05, 3.63) is 45.2 Å². The van der Waals surface area contributed by atoms with Gasteiger partial charge in [-0.3, -0.25) is 4.79 Å². The molecule has 0 unspecified atom stereocenters. The number of aldehydes is 1. The minimum atomic E-state index is 0.125. The third-order valence-corrected chi connectivity index (χ3v) is 3.73. The Morgan fingerprint density at radius 2 is 2.00 bits per heavy atom. The second-order valence-electron chi connectivity index (χ2n) is 4.71. The third-order valence-electron chi connectivity index (χ3n) is 2.96. The second kappa shape index (κ2) is 5.35. The summed E-state index contributed by atoms with van der Waals surface area (Å²) in [6, 6.07) is 5.55. The first kappa shape index (κ1) is 14.1. The average Bonchev–Trinajstić information content (AvgIpc) is 2.70. The van der Waals surface area contributed by atoms with Gasteiger partial charge in [-0.2, -0.15) is 5.10 Å². The molecule has 0 saturated carbocycles. The zero-order valence-electron chi connectivity index (χ0n) is 10.9. The van der Waals surface area contributed by atoms with Crippen LogP contribution in [0.15, 0.2) is 18.2 Å². The van der Waals surface area contributed by atoms with E-state index < -0.39 is 0 Å². The van der Waals surface area contributed by atoms with E-state index in [1.54, 1.807) is 10.7 Å². The van der Waals surface area contributed by atoms with Gasteiger partial charge in [0.15, 0.2) is 6.29 Å². The first-order valence-corrected chi connectivity index (χ1v) is 6.71. The molecular weight excluding hydrogens is 283 g/mol. The Kier molecular flexibility index (Phi) is 3.97. The molecule has 1 heterocycles. The quantitative estimate of drug-likeness (QED) is 0.786. The van der Waals surface area contributed by atoms with Gasteiger partial charge in [-0.15, -0.1) is 0 Å². The summed E-state index contributed by atoms with van der Waals surface area (Å²) in [5, 5.41) is 5.38. The molecule has 1 aromatic heterocycles. The normalized spacial score (nSPS) is 11.1. The van der Waals surface area contributed by atoms with Gasteiger partial charge < -0.3 is 0 Å². The van der Waals surface area contributed by atoms with Crippen molar-refractivity contribution in [3.63, 3.8) is 0 Å². The third kappa shape index (κ3) is 2.53. The van der Waals surface area contributed by atoms with E-state index in [-0.39, 0.29) is 5.92 Å². The van der Waals surface area contributed by atoms with Crippen LogP contribution in [0.1, 0.15) is 41.4 Å². The van der Waals surface area contributed by atoms with E-state index in [1.165, 1.54) is 0 Å². The van der Waals surface area contributed by atoms with Crippen molar-refractivity contribution in [3.8, 4) is 5.69 Å². The Hall–Kier alpha value is -1.32. The van der Waals surface area contributed by atoms with Crippen LogP contribution in [0.25, 0.3) is 5.69 Å². The summed E-state index contributed by atoms with van der Waals surface area (Å²) >= 11 is 12.3. The van der Waals surface area contributed by atoms with E-state index in [0.717, 1.165) is 17.5 Å². The number of halogens is 2. The minimum absolute atomic E-state index is 0.125. The molecule has 0 fully saturated rings. The highest BCUT2D eigenvalue weighted by atomic mass is 35.5. The number of aromatic nitrogens is 2. The first-order valence-electron chi connectivity index (χ1n) is 5.95. The smallest absolute Gasteiger partial charge is 0.155 e. The molecule has 0 bridgehead atoms. The molecule has 0 saturated heterocycles. The summed E-state index contributed by atoms with van der Waals surface area (Å²) in [6.07, 6.45) is 0.747. The maximum atomic E-state index is 11.2. The molecule has 2 rings (SSSR count). The van der Waals surface area contributed by atoms with Crippen molar-refractivity contribution >= 4 is 29.5 Å². The van der Waals surface area contributed by atoms with Crippen molar-refractivity contribution in [2.24, 2.45) is 0 Å². The SMILES string of the molecule is Cc1ccc(-n2nc(C(C)C)c(C=O)c2Cl)cc1Cl. The molecular formula is C14H14Cl2N2O. The average molecular weight is 297 g/mol. The fourth-order valence-corrected chi connectivity index (χ4v) is 2.30. The second-order valence-corrected chi connectivity index (χ2v) is 5.47. The number of benzene rings is 1. The van der Waals surface area contributed by atoms with Crippen LogP contribution in [0.5, 0.6) is 0 Å². The lowest BCUT2D eigenvalue weighted by Crippen LogP contribution is -1.98. The summed E-state index contributed by atoms with van der Waals surface area (Å²) in [5.41, 5.74) is 2.86. The maximum Gasteiger partial charge on any atom is 0.155 e. The fourth-order valence-electron chi connectivity index (χ4n) is 1.85. The molecule has 0 radical (unpaired) electrons. The van der Waals surface area contributed by atoms with Gasteiger partial charge in [0.05, 0.1) is 16.9 Å². The van der Waals surface area contributed by atoms with Crippen molar-refractivity contribution in [2.75, 3.05) is 0 Å². The minimum Gasteiger partial charge on any atom is -0.298 e. The van der Waals surface area contributed by atoms with Gasteiger partial charge in [-0.25, -0.2) is 4.68 Å². The van der Waals surface area contributed by atoms with E-state index >= 15 is 0 Å². The van der Waals surface area contributed by atoms with Gasteiger partial charge in [0, 0.05) is 5.02 Å². The molecule has 0 atom stereocenters. The van der Waals surface area contributed by atoms with Gasteiger partial charge in [0.1, 0.15) is 5.15 Å². The Morgan fingerprint density at radius 1 is 1.32 bits per heavy atom. The van der Waals surface area contributed by atoms with E-state index in [9.17, 15) is 4.79 Å². The zero-order valence-corrected chi connectivity index (χ0v) is 12.5. The predicted molar refractivity (Wildman–Crippen MR) is 77.8 cm³/mol. The van der Waals surface area contributed by atoms with Crippen molar-refractivity contribution < 1.29 is 4.79 Å². The van der Waals surface area contributed by atoms with E-state index in [4.69, 9.17) is 23.2 Å². The van der Waals surface area contributed by atoms with Crippen LogP contribution in [0.3, 0.4) is 0 Å². The molecule has 0 N–H and O–H groups in total. The van der Waals surface area contributed by atoms with Crippen LogP contribution in [0.2, 0.25) is 10.2 Å². The zero-order chi connectivity index (χ0) is 14.2. The maximum absolute atomic E-state index is 11.2. The fraction of sp³-hybridized carbons (Fsp3) is 0.286. The molecule has 2 aromatic rings. The van der Waals surface area contributed by atoms with Gasteiger partial charge in [-0.05, 0) is 30.5 Å². The molecule has 19 heavy (non-hydrogen) atoms. The first-order chi connectivity index (χ1) is 8.95. The van der Waals surface area contributed by atoms with Gasteiger partial charge in [0.2, 0.25) is 0 Å². The molecule has 0 aliphatic rings. The summed E-state index contributed by atoms with van der Waals surface area (Å²) in [5.74, 6) is 0.125. The summed E-state index contributed by atoms with van der Waals surface area (Å²) in [6.45, 7) is 5.86. The van der Waals surface area contributed by atoms with Crippen molar-refractivity contribution in [2.45, 2.75) is 26.7 Å². The number of carbonyl (C=O) groups excluding carboxylic acids is 1. The molecule has 3 nitrogen and oxygen atoms in total. The highest BCUT2D eigenvalue weighted by molar-refractivity contribution is 6.32. The molecule has 0 aliphatic heterocycles. The molecule has 100 valence electrons. The van der Waals surface area contributed by atoms with Crippen LogP contribution >= 0.6 is 23.2 Å². The summed E-state index contributed by atoms with van der Waals surface area (Å²) in [7, 11) is 0. The monoisotopic (exact) mass is 296 g/mol. The Morgan fingerprint density at radius 3 is 2.47 bits per heavy atom. The van der Waals surface area contributed by atoms with E-state index in [2.05, 4.69) is 5.10 Å². The highest BCUT2D eigenvalue weighted by Crippen LogP contribution is 2.28. The lowest BCUT2D eigenvalue weighted by molar-refractivity contribution is 0.112. The van der Waals surface area contributed by atoms with E-state index in [0.29, 0.717) is 21.4 Å². The van der Waals surface area contributed by atoms with E-state index in [1.807, 2.05) is 32.9 Å². The largest absolute Gasteiger partial charge is 0.298 e. The molecule has 0 aliphatic carbocycles. The lowest BCUT2D eigenvalue weighted by atomic mass is 10.1. The number of nitrogens with zero attached hydrogens (tertiary/aromatic N) is 2. The number of hydrogen-bond acceptors (Lipinski definition) is 2. The molecule has 0 amide bonds. The Labute approximate surface area is 122 Å². The van der Waals surface area contributed by atoms with Gasteiger partial charge in [-0.1, -0.05) is 43.1 Å². The van der Waals surface area contributed by atoms with Crippen molar-refractivity contribution in [1.29, 1.82) is 0 Å². The van der Waals surface area contributed by atoms with Crippen LogP contribution in [-0.4, -0.2) is 16.1 Å². The van der Waals surface area contributed by atoms with Crippen LogP contribution in [0.4, 0.5) is 0 Å². The number of rotatable bonds is 3. The number of carbonyl (C=O) groups is 1. The molecule has 0 spiro atoms. The van der Waals surface area contributed by atoms with Crippen molar-refractivity contribution in [1.82, 2.24) is 9.78 Å². The van der Waals surface area contributed by atoms with Gasteiger partial charge in [0.25, 0.3) is 0 Å². The topological polar surface area (TPSA) is 34.9 Å². The molecule has 5 heteroatoms. The highest BCUT2D eigenvalue weighted by Gasteiger charge is 2.19. The standard InChI is InChI=1S/C14H14Cl2N2O/c1-8(2)13-11(7-19)14(16)18(17-13)10-5-4-9(3)12(15)6-10/h4-8H,1-3H3.